The van der Waals surface area contributed by atoms with Crippen LogP contribution in [0, 0.1) is 0 Å². The van der Waals surface area contributed by atoms with Crippen molar-refractivity contribution in [1.29, 1.82) is 0 Å². The van der Waals surface area contributed by atoms with Gasteiger partial charge >= 0.3 is 0 Å². The van der Waals surface area contributed by atoms with E-state index in [1.54, 1.807) is 11.3 Å². The van der Waals surface area contributed by atoms with Crippen molar-refractivity contribution in [2.45, 2.75) is 25.7 Å². The van der Waals surface area contributed by atoms with E-state index in [-0.39, 0.29) is 5.91 Å². The van der Waals surface area contributed by atoms with Crippen molar-refractivity contribution in [3.05, 3.63) is 39.2 Å². The maximum atomic E-state index is 12.7. The number of fused-ring (bicyclic) bond motifs is 2. The summed E-state index contributed by atoms with van der Waals surface area (Å²) in [6.45, 7) is 0. The molecule has 3 aromatic heterocycles. The van der Waals surface area contributed by atoms with Crippen LogP contribution in [0.15, 0.2) is 17.5 Å². The van der Waals surface area contributed by atoms with Gasteiger partial charge in [0.2, 0.25) is 0 Å². The number of nitrogens with zero attached hydrogens (tertiary/aromatic N) is 1. The van der Waals surface area contributed by atoms with E-state index < -0.39 is 5.91 Å². The second kappa shape index (κ2) is 5.75. The zero-order chi connectivity index (χ0) is 16.8. The molecule has 5 nitrogen and oxygen atoms in total. The molecule has 0 saturated carbocycles. The Morgan fingerprint density at radius 2 is 2.08 bits per heavy atom. The molecule has 0 fully saturated rings. The van der Waals surface area contributed by atoms with Gasteiger partial charge in [0, 0.05) is 11.9 Å². The van der Waals surface area contributed by atoms with Crippen LogP contribution in [0.5, 0.6) is 0 Å². The number of hydrogen-bond donors (Lipinski definition) is 2. The predicted molar refractivity (Wildman–Crippen MR) is 98.2 cm³/mol. The first-order valence-corrected chi connectivity index (χ1v) is 9.54. The van der Waals surface area contributed by atoms with Gasteiger partial charge in [-0.2, -0.15) is 0 Å². The number of nitrogens with two attached hydrogens (primary N) is 1. The largest absolute Gasteiger partial charge is 0.365 e. The Morgan fingerprint density at radius 3 is 2.83 bits per heavy atom. The molecule has 3 aromatic rings. The maximum absolute atomic E-state index is 12.7. The Bertz CT molecular complexity index is 964. The minimum absolute atomic E-state index is 0.206. The lowest BCUT2D eigenvalue weighted by molar-refractivity contribution is 0.100. The molecular formula is C17H17N3O2S2. The van der Waals surface area contributed by atoms with Crippen LogP contribution >= 0.6 is 22.7 Å². The van der Waals surface area contributed by atoms with Gasteiger partial charge in [0.15, 0.2) is 0 Å². The van der Waals surface area contributed by atoms with Crippen LogP contribution in [-0.4, -0.2) is 16.4 Å². The van der Waals surface area contributed by atoms with E-state index in [4.69, 9.17) is 5.73 Å². The third kappa shape index (κ3) is 2.35. The molecule has 4 rings (SSSR count). The smallest absolute Gasteiger partial charge is 0.272 e. The fourth-order valence-electron chi connectivity index (χ4n) is 3.35. The van der Waals surface area contributed by atoms with Gasteiger partial charge in [0.05, 0.1) is 15.8 Å². The molecule has 0 saturated heterocycles. The first-order valence-electron chi connectivity index (χ1n) is 7.85. The van der Waals surface area contributed by atoms with Crippen LogP contribution < -0.4 is 11.1 Å². The predicted octanol–water partition coefficient (Wildman–Crippen LogP) is 3.53. The minimum Gasteiger partial charge on any atom is -0.365 e. The molecule has 3 N–H and O–H groups in total. The highest BCUT2D eigenvalue weighted by atomic mass is 32.1. The highest BCUT2D eigenvalue weighted by Crippen LogP contribution is 2.38. The van der Waals surface area contributed by atoms with Gasteiger partial charge in [-0.25, -0.2) is 0 Å². The molecule has 3 heterocycles. The molecule has 0 atom stereocenters. The van der Waals surface area contributed by atoms with Crippen LogP contribution in [0.1, 0.15) is 44.1 Å². The van der Waals surface area contributed by atoms with Crippen LogP contribution in [0.3, 0.4) is 0 Å². The molecule has 0 aliphatic heterocycles. The zero-order valence-electron chi connectivity index (χ0n) is 13.2. The normalized spacial score (nSPS) is 13.9. The lowest BCUT2D eigenvalue weighted by Crippen LogP contribution is -2.19. The lowest BCUT2D eigenvalue weighted by Gasteiger charge is -2.11. The molecule has 0 spiro atoms. The molecular weight excluding hydrogens is 342 g/mol. The second-order valence-electron chi connectivity index (χ2n) is 5.99. The fourth-order valence-corrected chi connectivity index (χ4v) is 5.49. The Labute approximate surface area is 147 Å². The number of carbonyl (C=O) groups is 2. The summed E-state index contributed by atoms with van der Waals surface area (Å²) in [4.78, 5) is 25.8. The van der Waals surface area contributed by atoms with Crippen LogP contribution in [0.4, 0.5) is 5.00 Å². The Kier molecular flexibility index (Phi) is 3.69. The molecule has 124 valence electrons. The molecule has 7 heteroatoms. The molecule has 1 aliphatic carbocycles. The summed E-state index contributed by atoms with van der Waals surface area (Å²) in [6.07, 6.45) is 3.99. The van der Waals surface area contributed by atoms with Crippen molar-refractivity contribution in [3.63, 3.8) is 0 Å². The van der Waals surface area contributed by atoms with E-state index >= 15 is 0 Å². The summed E-state index contributed by atoms with van der Waals surface area (Å²) >= 11 is 3.09. The number of carbonyl (C=O) groups excluding carboxylic acids is 2. The van der Waals surface area contributed by atoms with Gasteiger partial charge in [0.1, 0.15) is 10.7 Å². The molecule has 0 bridgehead atoms. The van der Waals surface area contributed by atoms with Gasteiger partial charge in [-0.3, -0.25) is 9.59 Å². The number of aromatic nitrogens is 1. The topological polar surface area (TPSA) is 77.1 Å². The quantitative estimate of drug-likeness (QED) is 0.750. The minimum atomic E-state index is -0.461. The van der Waals surface area contributed by atoms with Crippen molar-refractivity contribution in [1.82, 2.24) is 4.57 Å². The monoisotopic (exact) mass is 359 g/mol. The number of aryl methyl sites for hydroxylation is 2. The molecule has 0 radical (unpaired) electrons. The highest BCUT2D eigenvalue weighted by molar-refractivity contribution is 7.17. The third-order valence-corrected chi connectivity index (χ3v) is 6.60. The Balaban J connectivity index is 1.71. The number of nitrogens with one attached hydrogen (secondary N) is 1. The zero-order valence-corrected chi connectivity index (χ0v) is 14.9. The van der Waals surface area contributed by atoms with Gasteiger partial charge in [-0.1, -0.05) is 0 Å². The van der Waals surface area contributed by atoms with E-state index in [9.17, 15) is 9.59 Å². The first-order chi connectivity index (χ1) is 11.6. The summed E-state index contributed by atoms with van der Waals surface area (Å²) in [6, 6.07) is 3.88. The Morgan fingerprint density at radius 1 is 1.29 bits per heavy atom. The summed E-state index contributed by atoms with van der Waals surface area (Å²) in [5.41, 5.74) is 8.73. The fraction of sp³-hybridized carbons (Fsp3) is 0.294. The van der Waals surface area contributed by atoms with Crippen molar-refractivity contribution < 1.29 is 9.59 Å². The number of hydrogen-bond acceptors (Lipinski definition) is 4. The molecule has 1 aliphatic rings. The summed E-state index contributed by atoms with van der Waals surface area (Å²) in [5, 5.41) is 5.51. The number of anilines is 1. The lowest BCUT2D eigenvalue weighted by atomic mass is 9.95. The summed E-state index contributed by atoms with van der Waals surface area (Å²) < 4.78 is 2.95. The van der Waals surface area contributed by atoms with Gasteiger partial charge in [0.25, 0.3) is 11.8 Å². The summed E-state index contributed by atoms with van der Waals surface area (Å²) in [7, 11) is 1.87. The van der Waals surface area contributed by atoms with E-state index in [1.807, 2.05) is 29.1 Å². The van der Waals surface area contributed by atoms with Crippen LogP contribution in [-0.2, 0) is 19.9 Å². The third-order valence-electron chi connectivity index (χ3n) is 4.54. The SMILES string of the molecule is Cn1c(C(=O)Nc2sc3c(c2C(N)=O)CCCC3)cc2sccc21. The molecule has 2 amide bonds. The van der Waals surface area contributed by atoms with E-state index in [0.29, 0.717) is 16.3 Å². The highest BCUT2D eigenvalue weighted by Gasteiger charge is 2.26. The Hall–Kier alpha value is -2.12. The average molecular weight is 359 g/mol. The standard InChI is InChI=1S/C17H17N3O2S2/c1-20-10-6-7-23-13(10)8-11(20)16(22)19-17-14(15(18)21)9-4-2-3-5-12(9)24-17/h6-8H,2-5H2,1H3,(H2,18,21)(H,19,22). The molecule has 0 unspecified atom stereocenters. The van der Waals surface area contributed by atoms with Crippen LogP contribution in [0.2, 0.25) is 0 Å². The van der Waals surface area contributed by atoms with Gasteiger partial charge in [-0.05, 0) is 48.8 Å². The van der Waals surface area contributed by atoms with Gasteiger partial charge < -0.3 is 15.6 Å². The number of amides is 2. The first kappa shape index (κ1) is 15.4. The van der Waals surface area contributed by atoms with E-state index in [0.717, 1.165) is 41.5 Å². The van der Waals surface area contributed by atoms with Crippen LogP contribution in [0.25, 0.3) is 10.2 Å². The van der Waals surface area contributed by atoms with Gasteiger partial charge in [-0.15, -0.1) is 22.7 Å². The summed E-state index contributed by atoms with van der Waals surface area (Å²) in [5.74, 6) is -0.667. The number of rotatable bonds is 3. The molecule has 0 aromatic carbocycles. The van der Waals surface area contributed by atoms with E-state index in [2.05, 4.69) is 5.32 Å². The molecule has 24 heavy (non-hydrogen) atoms. The number of primary amides is 1. The van der Waals surface area contributed by atoms with Crippen molar-refractivity contribution >= 4 is 49.7 Å². The number of thiophene rings is 2. The maximum Gasteiger partial charge on any atom is 0.272 e. The van der Waals surface area contributed by atoms with Crippen molar-refractivity contribution in [2.75, 3.05) is 5.32 Å². The van der Waals surface area contributed by atoms with Crippen molar-refractivity contribution in [2.24, 2.45) is 12.8 Å². The van der Waals surface area contributed by atoms with E-state index in [1.165, 1.54) is 16.2 Å². The second-order valence-corrected chi connectivity index (χ2v) is 8.04. The van der Waals surface area contributed by atoms with Crippen molar-refractivity contribution in [3.8, 4) is 0 Å². The average Bonchev–Trinajstić information content (AvgIpc) is 3.21.